The zero-order chi connectivity index (χ0) is 17.9. The second kappa shape index (κ2) is 7.82. The average molecular weight is 331 g/mol. The minimum Gasteiger partial charge on any atom is -0.464 e. The van der Waals surface area contributed by atoms with E-state index in [1.54, 1.807) is 11.8 Å². The highest BCUT2D eigenvalue weighted by atomic mass is 16.5. The van der Waals surface area contributed by atoms with E-state index in [1.807, 2.05) is 0 Å². The molecule has 1 aromatic carbocycles. The first-order valence-electron chi connectivity index (χ1n) is 8.89. The Morgan fingerprint density at radius 1 is 1.12 bits per heavy atom. The molecule has 4 nitrogen and oxygen atoms in total. The van der Waals surface area contributed by atoms with Crippen molar-refractivity contribution in [2.75, 3.05) is 13.2 Å². The Bertz CT molecular complexity index is 610. The van der Waals surface area contributed by atoms with Gasteiger partial charge in [-0.05, 0) is 81.7 Å². The number of hydrogen-bond donors (Lipinski definition) is 0. The van der Waals surface area contributed by atoms with Crippen molar-refractivity contribution in [3.8, 4) is 0 Å². The van der Waals surface area contributed by atoms with E-state index in [0.29, 0.717) is 26.0 Å². The van der Waals surface area contributed by atoms with Crippen LogP contribution in [-0.4, -0.2) is 36.0 Å². The summed E-state index contributed by atoms with van der Waals surface area (Å²) >= 11 is 0. The van der Waals surface area contributed by atoms with Gasteiger partial charge in [0.2, 0.25) is 5.91 Å². The summed E-state index contributed by atoms with van der Waals surface area (Å²) in [6.45, 7) is 11.1. The normalized spacial score (nSPS) is 17.7. The number of rotatable bonds is 4. The van der Waals surface area contributed by atoms with Gasteiger partial charge in [-0.25, -0.2) is 4.79 Å². The fraction of sp³-hybridized carbons (Fsp3) is 0.600. The molecule has 0 N–H and O–H groups in total. The van der Waals surface area contributed by atoms with Gasteiger partial charge in [0.15, 0.2) is 0 Å². The lowest BCUT2D eigenvalue weighted by Crippen LogP contribution is -2.49. The van der Waals surface area contributed by atoms with Crippen LogP contribution in [0.25, 0.3) is 0 Å². The molecular weight excluding hydrogens is 302 g/mol. The molecule has 0 aliphatic carbocycles. The zero-order valence-electron chi connectivity index (χ0n) is 15.6. The van der Waals surface area contributed by atoms with Crippen LogP contribution in [0.2, 0.25) is 0 Å². The molecule has 0 saturated carbocycles. The molecule has 1 aliphatic rings. The van der Waals surface area contributed by atoms with Crippen molar-refractivity contribution in [2.24, 2.45) is 0 Å². The largest absolute Gasteiger partial charge is 0.464 e. The summed E-state index contributed by atoms with van der Waals surface area (Å²) in [5.74, 6) is -0.233. The third-order valence-corrected chi connectivity index (χ3v) is 5.23. The highest BCUT2D eigenvalue weighted by Gasteiger charge is 2.33. The molecule has 1 amide bonds. The summed E-state index contributed by atoms with van der Waals surface area (Å²) in [6.07, 6.45) is 2.98. The highest BCUT2D eigenvalue weighted by Crippen LogP contribution is 2.25. The van der Waals surface area contributed by atoms with E-state index in [1.165, 1.54) is 22.3 Å². The molecule has 1 fully saturated rings. The molecule has 0 aromatic heterocycles. The minimum atomic E-state index is -0.419. The van der Waals surface area contributed by atoms with Gasteiger partial charge in [-0.15, -0.1) is 0 Å². The molecule has 1 unspecified atom stereocenters. The Kier molecular flexibility index (Phi) is 6.03. The average Bonchev–Trinajstić information content (AvgIpc) is 2.57. The van der Waals surface area contributed by atoms with Crippen molar-refractivity contribution in [1.29, 1.82) is 0 Å². The molecular formula is C20H29NO3. The van der Waals surface area contributed by atoms with E-state index in [4.69, 9.17) is 4.74 Å². The number of nitrogens with zero attached hydrogens (tertiary/aromatic N) is 1. The molecule has 24 heavy (non-hydrogen) atoms. The standard InChI is InChI=1S/C20H29NO3/c1-6-24-20(23)18-9-7-8-10-21(18)19(22)12-17-15(4)13(2)11-14(3)16(17)5/h11,18H,6-10,12H2,1-5H3. The van der Waals surface area contributed by atoms with Crippen LogP contribution in [0, 0.1) is 27.7 Å². The molecule has 2 rings (SSSR count). The molecule has 1 atom stereocenters. The van der Waals surface area contributed by atoms with Crippen molar-refractivity contribution < 1.29 is 14.3 Å². The number of carbonyl (C=O) groups is 2. The minimum absolute atomic E-state index is 0.0314. The second-order valence-electron chi connectivity index (χ2n) is 6.77. The van der Waals surface area contributed by atoms with Gasteiger partial charge in [-0.3, -0.25) is 4.79 Å². The summed E-state index contributed by atoms with van der Waals surface area (Å²) in [7, 11) is 0. The number of esters is 1. The molecule has 4 heteroatoms. The number of aryl methyl sites for hydroxylation is 2. The summed E-state index contributed by atoms with van der Waals surface area (Å²) < 4.78 is 5.16. The van der Waals surface area contributed by atoms with Crippen molar-refractivity contribution in [1.82, 2.24) is 4.90 Å². The van der Waals surface area contributed by atoms with E-state index in [-0.39, 0.29) is 11.9 Å². The fourth-order valence-corrected chi connectivity index (χ4v) is 3.53. The lowest BCUT2D eigenvalue weighted by molar-refractivity contribution is -0.156. The van der Waals surface area contributed by atoms with Gasteiger partial charge in [0, 0.05) is 6.54 Å². The first-order chi connectivity index (χ1) is 11.4. The lowest BCUT2D eigenvalue weighted by atomic mass is 9.91. The van der Waals surface area contributed by atoms with E-state index < -0.39 is 6.04 Å². The summed E-state index contributed by atoms with van der Waals surface area (Å²) in [5.41, 5.74) is 5.88. The molecule has 132 valence electrons. The van der Waals surface area contributed by atoms with Crippen LogP contribution in [0.15, 0.2) is 6.07 Å². The monoisotopic (exact) mass is 331 g/mol. The first-order valence-corrected chi connectivity index (χ1v) is 8.89. The predicted octanol–water partition coefficient (Wildman–Crippen LogP) is 3.41. The molecule has 0 bridgehead atoms. The van der Waals surface area contributed by atoms with Crippen molar-refractivity contribution in [2.45, 2.75) is 66.3 Å². The smallest absolute Gasteiger partial charge is 0.328 e. The molecule has 1 aromatic rings. The fourth-order valence-electron chi connectivity index (χ4n) is 3.53. The van der Waals surface area contributed by atoms with Gasteiger partial charge in [-0.2, -0.15) is 0 Å². The topological polar surface area (TPSA) is 46.6 Å². The maximum atomic E-state index is 12.9. The Morgan fingerprint density at radius 3 is 2.33 bits per heavy atom. The van der Waals surface area contributed by atoms with Gasteiger partial charge >= 0.3 is 5.97 Å². The van der Waals surface area contributed by atoms with Crippen molar-refractivity contribution in [3.63, 3.8) is 0 Å². The molecule has 1 aliphatic heterocycles. The lowest BCUT2D eigenvalue weighted by Gasteiger charge is -2.34. The summed E-state index contributed by atoms with van der Waals surface area (Å²) in [4.78, 5) is 26.9. The van der Waals surface area contributed by atoms with Gasteiger partial charge < -0.3 is 9.64 Å². The van der Waals surface area contributed by atoms with Crippen molar-refractivity contribution in [3.05, 3.63) is 33.9 Å². The summed E-state index contributed by atoms with van der Waals surface area (Å²) in [5, 5.41) is 0. The van der Waals surface area contributed by atoms with Crippen LogP contribution in [0.4, 0.5) is 0 Å². The Balaban J connectivity index is 2.23. The van der Waals surface area contributed by atoms with Crippen LogP contribution < -0.4 is 0 Å². The Hall–Kier alpha value is -1.84. The van der Waals surface area contributed by atoms with Gasteiger partial charge in [0.05, 0.1) is 13.0 Å². The maximum absolute atomic E-state index is 12.9. The second-order valence-corrected chi connectivity index (χ2v) is 6.77. The highest BCUT2D eigenvalue weighted by molar-refractivity contribution is 5.86. The Labute approximate surface area is 145 Å². The van der Waals surface area contributed by atoms with E-state index >= 15 is 0 Å². The van der Waals surface area contributed by atoms with Gasteiger partial charge in [-0.1, -0.05) is 6.07 Å². The number of hydrogen-bond acceptors (Lipinski definition) is 3. The quantitative estimate of drug-likeness (QED) is 0.794. The van der Waals surface area contributed by atoms with Crippen LogP contribution in [0.1, 0.15) is 54.0 Å². The molecule has 0 spiro atoms. The number of ether oxygens (including phenoxy) is 1. The number of amides is 1. The number of carbonyl (C=O) groups excluding carboxylic acids is 2. The third kappa shape index (κ3) is 3.80. The van der Waals surface area contributed by atoms with Gasteiger partial charge in [0.1, 0.15) is 6.04 Å². The van der Waals surface area contributed by atoms with Gasteiger partial charge in [0.25, 0.3) is 0 Å². The number of piperidine rings is 1. The van der Waals surface area contributed by atoms with E-state index in [2.05, 4.69) is 33.8 Å². The van der Waals surface area contributed by atoms with Crippen LogP contribution in [0.3, 0.4) is 0 Å². The summed E-state index contributed by atoms with van der Waals surface area (Å²) in [6, 6.07) is 1.75. The van der Waals surface area contributed by atoms with Crippen LogP contribution in [-0.2, 0) is 20.7 Å². The maximum Gasteiger partial charge on any atom is 0.328 e. The van der Waals surface area contributed by atoms with Crippen LogP contribution in [0.5, 0.6) is 0 Å². The Morgan fingerprint density at radius 2 is 1.75 bits per heavy atom. The van der Waals surface area contributed by atoms with Crippen LogP contribution >= 0.6 is 0 Å². The number of likely N-dealkylation sites (tertiary alicyclic amines) is 1. The zero-order valence-corrected chi connectivity index (χ0v) is 15.6. The number of benzene rings is 1. The van der Waals surface area contributed by atoms with E-state index in [9.17, 15) is 9.59 Å². The third-order valence-electron chi connectivity index (χ3n) is 5.23. The van der Waals surface area contributed by atoms with Crippen molar-refractivity contribution >= 4 is 11.9 Å². The molecule has 1 saturated heterocycles. The predicted molar refractivity (Wildman–Crippen MR) is 95.1 cm³/mol. The molecule has 1 heterocycles. The molecule has 0 radical (unpaired) electrons. The SMILES string of the molecule is CCOC(=O)C1CCCCN1C(=O)Cc1c(C)c(C)cc(C)c1C. The first kappa shape index (κ1) is 18.5. The van der Waals surface area contributed by atoms with E-state index in [0.717, 1.165) is 18.4 Å².